The van der Waals surface area contributed by atoms with Gasteiger partial charge in [0.1, 0.15) is 18.1 Å². The number of benzene rings is 4. The van der Waals surface area contributed by atoms with Gasteiger partial charge in [-0.2, -0.15) is 26.3 Å². The van der Waals surface area contributed by atoms with Crippen LogP contribution in [0.3, 0.4) is 0 Å². The Labute approximate surface area is 244 Å². The highest BCUT2D eigenvalue weighted by molar-refractivity contribution is 14.1. The number of rotatable bonds is 6. The molecule has 2 nitrogen and oxygen atoms in total. The number of phenols is 1. The molecule has 4 aromatic carbocycles. The quantitative estimate of drug-likeness (QED) is 0.120. The second-order valence-electron chi connectivity index (χ2n) is 8.02. The third kappa shape index (κ3) is 6.89. The van der Waals surface area contributed by atoms with Crippen LogP contribution < -0.4 is 4.74 Å². The minimum Gasteiger partial charge on any atom is -0.506 e. The number of halogens is 8. The summed E-state index contributed by atoms with van der Waals surface area (Å²) in [5.74, 6) is 0.744. The summed E-state index contributed by atoms with van der Waals surface area (Å²) in [6.45, 7) is 0.245. The van der Waals surface area contributed by atoms with Gasteiger partial charge in [-0.05, 0) is 136 Å². The first-order valence-corrected chi connectivity index (χ1v) is 14.2. The SMILES string of the molecule is Oc1c(I)cc(COc2ccc([S+](c3ccc(C(F)(F)F)cc3)c3ccc(C(F)(F)F)cc3)cc2)cc1I. The van der Waals surface area contributed by atoms with Crippen molar-refractivity contribution in [2.45, 2.75) is 33.6 Å². The number of alkyl halides is 6. The topological polar surface area (TPSA) is 29.5 Å². The zero-order valence-corrected chi connectivity index (χ0v) is 24.2. The van der Waals surface area contributed by atoms with Gasteiger partial charge < -0.3 is 9.84 Å². The van der Waals surface area contributed by atoms with Crippen molar-refractivity contribution in [2.75, 3.05) is 0 Å². The summed E-state index contributed by atoms with van der Waals surface area (Å²) < 4.78 is 85.8. The lowest BCUT2D eigenvalue weighted by Crippen LogP contribution is -2.09. The largest absolute Gasteiger partial charge is 0.506 e. The molecule has 0 aliphatic carbocycles. The molecule has 4 rings (SSSR count). The minimum absolute atomic E-state index is 0.206. The second kappa shape index (κ2) is 11.5. The Bertz CT molecular complexity index is 1320. The van der Waals surface area contributed by atoms with Crippen LogP contribution in [0.15, 0.2) is 99.6 Å². The lowest BCUT2D eigenvalue weighted by atomic mass is 10.2. The van der Waals surface area contributed by atoms with Gasteiger partial charge in [0, 0.05) is 0 Å². The fourth-order valence-corrected chi connectivity index (χ4v) is 7.45. The maximum Gasteiger partial charge on any atom is 0.416 e. The zero-order valence-electron chi connectivity index (χ0n) is 19.1. The molecule has 198 valence electrons. The van der Waals surface area contributed by atoms with E-state index in [0.29, 0.717) is 27.6 Å². The predicted molar refractivity (Wildman–Crippen MR) is 149 cm³/mol. The van der Waals surface area contributed by atoms with E-state index in [4.69, 9.17) is 4.74 Å². The Kier molecular flexibility index (Phi) is 8.77. The molecule has 0 aliphatic rings. The van der Waals surface area contributed by atoms with Crippen molar-refractivity contribution < 1.29 is 36.2 Å². The molecule has 0 saturated carbocycles. The first-order valence-electron chi connectivity index (χ1n) is 10.8. The number of hydrogen-bond acceptors (Lipinski definition) is 2. The summed E-state index contributed by atoms with van der Waals surface area (Å²) in [7, 11) is -0.962. The molecular formula is C27H17F6I2O2S+. The molecule has 0 atom stereocenters. The monoisotopic (exact) mass is 773 g/mol. The zero-order chi connectivity index (χ0) is 27.7. The number of hydrogen-bond donors (Lipinski definition) is 1. The highest BCUT2D eigenvalue weighted by Gasteiger charge is 2.35. The summed E-state index contributed by atoms with van der Waals surface area (Å²) >= 11 is 4.06. The Hall–Kier alpha value is -2.13. The van der Waals surface area contributed by atoms with E-state index in [9.17, 15) is 31.4 Å². The first kappa shape index (κ1) is 28.9. The van der Waals surface area contributed by atoms with Crippen molar-refractivity contribution in [1.82, 2.24) is 0 Å². The number of phenolic OH excluding ortho intramolecular Hbond substituents is 1. The third-order valence-electron chi connectivity index (χ3n) is 5.38. The summed E-state index contributed by atoms with van der Waals surface area (Å²) in [5.41, 5.74) is -0.756. The second-order valence-corrected chi connectivity index (χ2v) is 12.4. The van der Waals surface area contributed by atoms with Crippen LogP contribution in [0.1, 0.15) is 16.7 Å². The lowest BCUT2D eigenvalue weighted by molar-refractivity contribution is -0.138. The lowest BCUT2D eigenvalue weighted by Gasteiger charge is -2.12. The van der Waals surface area contributed by atoms with Crippen molar-refractivity contribution in [1.29, 1.82) is 0 Å². The van der Waals surface area contributed by atoms with Crippen LogP contribution in [0.2, 0.25) is 0 Å². The van der Waals surface area contributed by atoms with Gasteiger partial charge in [-0.3, -0.25) is 0 Å². The Morgan fingerprint density at radius 3 is 1.37 bits per heavy atom. The fraction of sp³-hybridized carbons (Fsp3) is 0.111. The van der Waals surface area contributed by atoms with Crippen LogP contribution in [0.25, 0.3) is 0 Å². The van der Waals surface area contributed by atoms with Gasteiger partial charge in [-0.25, -0.2) is 0 Å². The van der Waals surface area contributed by atoms with Gasteiger partial charge in [0.2, 0.25) is 0 Å². The molecule has 0 aromatic heterocycles. The molecule has 0 saturated heterocycles. The van der Waals surface area contributed by atoms with E-state index in [2.05, 4.69) is 0 Å². The van der Waals surface area contributed by atoms with Crippen molar-refractivity contribution >= 4 is 56.1 Å². The molecule has 0 heterocycles. The highest BCUT2D eigenvalue weighted by Crippen LogP contribution is 2.37. The van der Waals surface area contributed by atoms with Gasteiger partial charge in [-0.1, -0.05) is 0 Å². The van der Waals surface area contributed by atoms with Gasteiger partial charge in [0.25, 0.3) is 0 Å². The molecule has 1 N–H and O–H groups in total. The van der Waals surface area contributed by atoms with Gasteiger partial charge in [0.05, 0.1) is 29.2 Å². The van der Waals surface area contributed by atoms with Crippen LogP contribution in [0, 0.1) is 7.14 Å². The molecule has 0 bridgehead atoms. The fourth-order valence-electron chi connectivity index (χ4n) is 3.51. The summed E-state index contributed by atoms with van der Waals surface area (Å²) in [6.07, 6.45) is -9.00. The summed E-state index contributed by atoms with van der Waals surface area (Å²) in [5, 5.41) is 9.93. The van der Waals surface area contributed by atoms with E-state index in [1.54, 1.807) is 36.4 Å². The van der Waals surface area contributed by atoms with Crippen LogP contribution in [-0.2, 0) is 29.9 Å². The smallest absolute Gasteiger partial charge is 0.416 e. The van der Waals surface area contributed by atoms with Gasteiger partial charge in [-0.15, -0.1) is 0 Å². The van der Waals surface area contributed by atoms with E-state index >= 15 is 0 Å². The van der Waals surface area contributed by atoms with Crippen LogP contribution in [0.5, 0.6) is 11.5 Å². The predicted octanol–water partition coefficient (Wildman–Crippen LogP) is 9.31. The normalized spacial score (nSPS) is 12.1. The van der Waals surface area contributed by atoms with E-state index in [1.165, 1.54) is 24.3 Å². The van der Waals surface area contributed by atoms with Gasteiger partial charge >= 0.3 is 12.4 Å². The molecule has 0 amide bonds. The van der Waals surface area contributed by atoms with E-state index < -0.39 is 34.4 Å². The average molecular weight is 773 g/mol. The van der Waals surface area contributed by atoms with Crippen LogP contribution >= 0.6 is 45.2 Å². The molecule has 11 heteroatoms. The van der Waals surface area contributed by atoms with Crippen molar-refractivity contribution in [3.05, 3.63) is 109 Å². The average Bonchev–Trinajstić information content (AvgIpc) is 2.86. The Morgan fingerprint density at radius 1 is 0.632 bits per heavy atom. The molecule has 0 radical (unpaired) electrons. The van der Waals surface area contributed by atoms with Gasteiger partial charge in [0.15, 0.2) is 14.7 Å². The standard InChI is InChI=1S/C27H16F6I2O2S/c28-26(29,30)17-1-7-20(8-2-17)38(21-9-3-18(4-10-21)27(31,32)33)22-11-5-19(6-12-22)37-15-16-13-23(34)25(36)24(35)14-16/h1-14H,15H2/p+1. The number of ether oxygens (including phenoxy) is 1. The van der Waals surface area contributed by atoms with E-state index in [-0.39, 0.29) is 12.4 Å². The molecule has 38 heavy (non-hydrogen) atoms. The Morgan fingerprint density at radius 2 is 1.00 bits per heavy atom. The molecule has 0 unspecified atom stereocenters. The van der Waals surface area contributed by atoms with Crippen LogP contribution in [-0.4, -0.2) is 5.11 Å². The molecule has 4 aromatic rings. The third-order valence-corrected chi connectivity index (χ3v) is 9.25. The highest BCUT2D eigenvalue weighted by atomic mass is 127. The van der Waals surface area contributed by atoms with Crippen molar-refractivity contribution in [2.24, 2.45) is 0 Å². The molecular weight excluding hydrogens is 756 g/mol. The minimum atomic E-state index is -4.50. The summed E-state index contributed by atoms with van der Waals surface area (Å²) in [6, 6.07) is 19.8. The Balaban J connectivity index is 1.63. The van der Waals surface area contributed by atoms with E-state index in [0.717, 1.165) is 29.8 Å². The maximum absolute atomic E-state index is 13.1. The van der Waals surface area contributed by atoms with Crippen molar-refractivity contribution in [3.63, 3.8) is 0 Å². The van der Waals surface area contributed by atoms with Crippen LogP contribution in [0.4, 0.5) is 26.3 Å². The first-order chi connectivity index (χ1) is 17.8. The molecule has 0 spiro atoms. The number of aromatic hydroxyl groups is 1. The molecule has 0 aliphatic heterocycles. The van der Waals surface area contributed by atoms with Crippen molar-refractivity contribution in [3.8, 4) is 11.5 Å². The molecule has 0 fully saturated rings. The maximum atomic E-state index is 13.1. The summed E-state index contributed by atoms with van der Waals surface area (Å²) in [4.78, 5) is 1.75. The van der Waals surface area contributed by atoms with E-state index in [1.807, 2.05) is 45.2 Å².